The van der Waals surface area contributed by atoms with Crippen molar-refractivity contribution in [1.29, 1.82) is 0 Å². The maximum atomic E-state index is 14.2. The third-order valence-electron chi connectivity index (χ3n) is 9.13. The van der Waals surface area contributed by atoms with Gasteiger partial charge in [0.15, 0.2) is 34.9 Å². The second-order valence-electron chi connectivity index (χ2n) is 13.6. The van der Waals surface area contributed by atoms with Crippen molar-refractivity contribution in [3.63, 3.8) is 0 Å². The fourth-order valence-corrected chi connectivity index (χ4v) is 6.01. The molecule has 0 bridgehead atoms. The first-order chi connectivity index (χ1) is 31.2. The number of nitrogens with two attached hydrogens (primary N) is 1. The fraction of sp³-hybridized carbons (Fsp3) is 0.214. The van der Waals surface area contributed by atoms with E-state index < -0.39 is 17.6 Å². The minimum Gasteiger partial charge on any atom is -0.465 e. The van der Waals surface area contributed by atoms with E-state index in [0.29, 0.717) is 71.2 Å². The van der Waals surface area contributed by atoms with Crippen molar-refractivity contribution in [3.05, 3.63) is 132 Å². The number of halogens is 4. The summed E-state index contributed by atoms with van der Waals surface area (Å²) in [7, 11) is 0. The van der Waals surface area contributed by atoms with Crippen molar-refractivity contribution in [2.75, 3.05) is 43.5 Å². The van der Waals surface area contributed by atoms with E-state index in [-0.39, 0.29) is 67.8 Å². The van der Waals surface area contributed by atoms with Crippen LogP contribution in [0, 0.1) is 23.3 Å². The number of aliphatic hydroxyl groups excluding tert-OH is 1. The standard InChI is InChI=1S/C22H21F2N7O3.C20H18F2N6O2/c23-15-5-2-1-4-14(15)13-31-19(17-6-9-34-30-17)10-18(29-31)22-27-12-16(24)21(28-22)26-7-3-8-33-20(32)11-25;21-14-5-2-1-4-13(14)12-28-18(16-6-9-30-27-16)10-17(26-28)20-24-11-15(22)19(25-20)23-7-3-8-29/h1-2,4-6,9-10,12H,3,7-8,11,13,25H2,(H,26,27,28);1-2,4-6,9-11,29H,3,7-8,12H2,(H,23,24,25). The monoisotopic (exact) mass is 881 g/mol. The molecule has 0 saturated carbocycles. The maximum Gasteiger partial charge on any atom is 0.319 e. The van der Waals surface area contributed by atoms with Crippen LogP contribution in [-0.2, 0) is 22.6 Å². The summed E-state index contributed by atoms with van der Waals surface area (Å²) in [5, 5.41) is 31.4. The first kappa shape index (κ1) is 44.2. The van der Waals surface area contributed by atoms with Gasteiger partial charge in [0.05, 0.1) is 50.0 Å². The summed E-state index contributed by atoms with van der Waals surface area (Å²) in [5.41, 5.74) is 8.88. The summed E-state index contributed by atoms with van der Waals surface area (Å²) < 4.78 is 74.5. The van der Waals surface area contributed by atoms with Crippen molar-refractivity contribution in [2.45, 2.75) is 25.9 Å². The van der Waals surface area contributed by atoms with Gasteiger partial charge in [-0.3, -0.25) is 14.2 Å². The van der Waals surface area contributed by atoms with E-state index in [1.54, 1.807) is 70.0 Å². The zero-order valence-electron chi connectivity index (χ0n) is 33.7. The summed E-state index contributed by atoms with van der Waals surface area (Å²) in [6, 6.07) is 19.4. The number of nitrogens with one attached hydrogen (secondary N) is 2. The number of benzene rings is 2. The maximum absolute atomic E-state index is 14.2. The number of carbonyl (C=O) groups excluding carboxylic acids is 1. The lowest BCUT2D eigenvalue weighted by atomic mass is 10.2. The Hall–Kier alpha value is -7.85. The van der Waals surface area contributed by atoms with Crippen molar-refractivity contribution >= 4 is 17.6 Å². The lowest BCUT2D eigenvalue weighted by Gasteiger charge is -2.08. The molecule has 0 saturated heterocycles. The Bertz CT molecular complexity index is 2770. The van der Waals surface area contributed by atoms with Gasteiger partial charge in [0, 0.05) is 43.0 Å². The Labute approximate surface area is 361 Å². The zero-order chi connectivity index (χ0) is 44.8. The Kier molecular flexibility index (Phi) is 14.7. The molecule has 0 spiro atoms. The van der Waals surface area contributed by atoms with Gasteiger partial charge < -0.3 is 35.3 Å². The van der Waals surface area contributed by atoms with Crippen LogP contribution in [0.5, 0.6) is 0 Å². The summed E-state index contributed by atoms with van der Waals surface area (Å²) in [4.78, 5) is 27.6. The number of rotatable bonds is 18. The molecule has 8 rings (SSSR count). The molecule has 5 N–H and O–H groups in total. The quantitative estimate of drug-likeness (QED) is 0.0457. The first-order valence-corrected chi connectivity index (χ1v) is 19.6. The SMILES string of the molecule is NCC(=O)OCCCNc1nc(-c2cc(-c3ccon3)n(Cc3ccccc3F)n2)ncc1F.OCCCNc1nc(-c2cc(-c3ccon3)n(Cc3ccccc3F)n2)ncc1F. The average Bonchev–Trinajstić information content (AvgIpc) is 4.15. The highest BCUT2D eigenvalue weighted by Crippen LogP contribution is 2.28. The van der Waals surface area contributed by atoms with Crippen LogP contribution in [0.15, 0.2) is 107 Å². The molecule has 6 aromatic heterocycles. The molecule has 0 fully saturated rings. The number of hydrogen-bond acceptors (Lipinski definition) is 16. The number of esters is 1. The number of nitrogens with zero attached hydrogens (tertiary/aromatic N) is 10. The highest BCUT2D eigenvalue weighted by Gasteiger charge is 2.20. The Morgan fingerprint density at radius 1 is 0.672 bits per heavy atom. The molecule has 0 unspecified atom stereocenters. The Morgan fingerprint density at radius 3 is 1.59 bits per heavy atom. The summed E-state index contributed by atoms with van der Waals surface area (Å²) in [5.74, 6) is -2.15. The predicted octanol–water partition coefficient (Wildman–Crippen LogP) is 5.74. The van der Waals surface area contributed by atoms with Gasteiger partial charge in [-0.05, 0) is 37.1 Å². The van der Waals surface area contributed by atoms with Crippen LogP contribution in [0.2, 0.25) is 0 Å². The smallest absolute Gasteiger partial charge is 0.319 e. The molecule has 22 heteroatoms. The van der Waals surface area contributed by atoms with Crippen LogP contribution in [0.3, 0.4) is 0 Å². The molecule has 0 aliphatic rings. The fourth-order valence-electron chi connectivity index (χ4n) is 6.01. The van der Waals surface area contributed by atoms with Crippen LogP contribution in [-0.4, -0.2) is 93.7 Å². The molecule has 2 aromatic carbocycles. The minimum absolute atomic E-state index is 0.0140. The molecular weight excluding hydrogens is 843 g/mol. The van der Waals surface area contributed by atoms with Crippen LogP contribution in [0.4, 0.5) is 29.2 Å². The van der Waals surface area contributed by atoms with Crippen LogP contribution < -0.4 is 16.4 Å². The molecule has 8 aromatic rings. The van der Waals surface area contributed by atoms with Crippen LogP contribution >= 0.6 is 0 Å². The molecule has 0 radical (unpaired) electrons. The number of hydrogen-bond donors (Lipinski definition) is 4. The molecule has 0 aliphatic heterocycles. The van der Waals surface area contributed by atoms with Crippen molar-refractivity contribution in [2.24, 2.45) is 5.73 Å². The van der Waals surface area contributed by atoms with E-state index >= 15 is 0 Å². The highest BCUT2D eigenvalue weighted by molar-refractivity contribution is 5.71. The van der Waals surface area contributed by atoms with Gasteiger partial charge >= 0.3 is 5.97 Å². The van der Waals surface area contributed by atoms with Gasteiger partial charge in [-0.25, -0.2) is 37.5 Å². The predicted molar refractivity (Wildman–Crippen MR) is 222 cm³/mol. The van der Waals surface area contributed by atoms with E-state index in [4.69, 9.17) is 24.6 Å². The second-order valence-corrected chi connectivity index (χ2v) is 13.6. The van der Waals surface area contributed by atoms with Crippen LogP contribution in [0.1, 0.15) is 24.0 Å². The van der Waals surface area contributed by atoms with Gasteiger partial charge in [0.1, 0.15) is 46.9 Å². The first-order valence-electron chi connectivity index (χ1n) is 19.6. The lowest BCUT2D eigenvalue weighted by molar-refractivity contribution is -0.141. The average molecular weight is 882 g/mol. The molecule has 6 heterocycles. The number of anilines is 2. The molecule has 330 valence electrons. The third kappa shape index (κ3) is 11.1. The van der Waals surface area contributed by atoms with E-state index in [9.17, 15) is 22.4 Å². The number of aromatic nitrogens is 10. The molecular formula is C42H39F4N13O5. The van der Waals surface area contributed by atoms with Gasteiger partial charge in [0.2, 0.25) is 0 Å². The minimum atomic E-state index is -0.648. The number of ether oxygens (including phenoxy) is 1. The van der Waals surface area contributed by atoms with Gasteiger partial charge in [-0.1, -0.05) is 46.7 Å². The van der Waals surface area contributed by atoms with E-state index in [2.05, 4.69) is 51.1 Å². The third-order valence-corrected chi connectivity index (χ3v) is 9.13. The van der Waals surface area contributed by atoms with Gasteiger partial charge in [0.25, 0.3) is 0 Å². The number of aliphatic hydroxyl groups is 1. The summed E-state index contributed by atoms with van der Waals surface area (Å²) in [6.07, 6.45) is 5.80. The normalized spacial score (nSPS) is 11.0. The van der Waals surface area contributed by atoms with E-state index in [0.717, 1.165) is 12.4 Å². The van der Waals surface area contributed by atoms with Crippen molar-refractivity contribution in [1.82, 2.24) is 49.8 Å². The Balaban J connectivity index is 0.000000193. The second kappa shape index (κ2) is 21.3. The Morgan fingerprint density at radius 2 is 1.16 bits per heavy atom. The summed E-state index contributed by atoms with van der Waals surface area (Å²) >= 11 is 0. The summed E-state index contributed by atoms with van der Waals surface area (Å²) in [6.45, 7) is 0.864. The van der Waals surface area contributed by atoms with E-state index in [1.807, 2.05) is 0 Å². The molecule has 0 aliphatic carbocycles. The topological polar surface area (TPSA) is 236 Å². The molecule has 0 amide bonds. The highest BCUT2D eigenvalue weighted by atomic mass is 19.1. The van der Waals surface area contributed by atoms with E-state index in [1.165, 1.54) is 24.7 Å². The largest absolute Gasteiger partial charge is 0.465 e. The number of carbonyl (C=O) groups is 1. The van der Waals surface area contributed by atoms with Crippen molar-refractivity contribution in [3.8, 4) is 45.8 Å². The van der Waals surface area contributed by atoms with Crippen LogP contribution in [0.25, 0.3) is 45.8 Å². The zero-order valence-corrected chi connectivity index (χ0v) is 33.7. The van der Waals surface area contributed by atoms with Crippen molar-refractivity contribution < 1.29 is 41.2 Å². The molecule has 18 nitrogen and oxygen atoms in total. The lowest BCUT2D eigenvalue weighted by Crippen LogP contribution is -2.18. The van der Waals surface area contributed by atoms with Gasteiger partial charge in [-0.2, -0.15) is 10.2 Å². The van der Waals surface area contributed by atoms with Gasteiger partial charge in [-0.15, -0.1) is 0 Å². The molecule has 64 heavy (non-hydrogen) atoms. The molecule has 0 atom stereocenters.